The van der Waals surface area contributed by atoms with Gasteiger partial charge >= 0.3 is 0 Å². The number of aryl methyl sites for hydroxylation is 1. The fourth-order valence-corrected chi connectivity index (χ4v) is 6.16. The van der Waals surface area contributed by atoms with Gasteiger partial charge in [0.2, 0.25) is 11.9 Å². The number of ether oxygens (including phenoxy) is 1. The molecule has 2 atom stereocenters. The molecule has 2 aromatic heterocycles. The van der Waals surface area contributed by atoms with Crippen molar-refractivity contribution in [3.05, 3.63) is 28.6 Å². The number of aliphatic imine (C=N–C) groups is 1. The molecule has 0 aromatic carbocycles. The van der Waals surface area contributed by atoms with Crippen LogP contribution in [0.2, 0.25) is 0 Å². The van der Waals surface area contributed by atoms with Crippen LogP contribution in [-0.4, -0.2) is 50.7 Å². The highest BCUT2D eigenvalue weighted by Gasteiger charge is 2.42. The van der Waals surface area contributed by atoms with Crippen molar-refractivity contribution in [1.29, 1.82) is 0 Å². The summed E-state index contributed by atoms with van der Waals surface area (Å²) in [7, 11) is 1.67. The van der Waals surface area contributed by atoms with E-state index in [2.05, 4.69) is 30.7 Å². The molecular weight excluding hydrogens is 448 g/mol. The van der Waals surface area contributed by atoms with Gasteiger partial charge in [-0.1, -0.05) is 23.5 Å². The number of nitrogen functional groups attached to an aromatic ring is 1. The topological polar surface area (TPSA) is 131 Å². The summed E-state index contributed by atoms with van der Waals surface area (Å²) in [6.45, 7) is 5.20. The Morgan fingerprint density at radius 2 is 2.25 bits per heavy atom. The Morgan fingerprint density at radius 3 is 3.00 bits per heavy atom. The van der Waals surface area contributed by atoms with Crippen molar-refractivity contribution in [2.45, 2.75) is 43.1 Å². The molecule has 10 nitrogen and oxygen atoms in total. The molecule has 5 rings (SSSR count). The number of methoxy groups -OCH3 is 1. The highest BCUT2D eigenvalue weighted by atomic mass is 32.2. The Hall–Kier alpha value is -2.57. The Balaban J connectivity index is 1.41. The highest BCUT2D eigenvalue weighted by molar-refractivity contribution is 8.14. The van der Waals surface area contributed by atoms with Crippen LogP contribution in [0.3, 0.4) is 0 Å². The third-order valence-electron chi connectivity index (χ3n) is 5.69. The lowest BCUT2D eigenvalue weighted by Gasteiger charge is -2.26. The number of hydrogen-bond donors (Lipinski definition) is 3. The minimum atomic E-state index is -0.301. The van der Waals surface area contributed by atoms with Gasteiger partial charge in [-0.25, -0.2) is 10.4 Å². The van der Waals surface area contributed by atoms with Gasteiger partial charge in [-0.15, -0.1) is 0 Å². The molecule has 0 bridgehead atoms. The first-order valence-corrected chi connectivity index (χ1v) is 12.2. The van der Waals surface area contributed by atoms with Crippen molar-refractivity contribution in [3.63, 3.8) is 0 Å². The number of nitrogens with one attached hydrogen (secondary N) is 2. The molecular formula is C20H24N8O2S2. The second kappa shape index (κ2) is 8.41. The maximum Gasteiger partial charge on any atom is 0.239 e. The van der Waals surface area contributed by atoms with Gasteiger partial charge < -0.3 is 15.8 Å². The van der Waals surface area contributed by atoms with Gasteiger partial charge in [0, 0.05) is 28.6 Å². The summed E-state index contributed by atoms with van der Waals surface area (Å²) < 4.78 is 5.55. The molecule has 4 N–H and O–H groups in total. The van der Waals surface area contributed by atoms with E-state index < -0.39 is 0 Å². The summed E-state index contributed by atoms with van der Waals surface area (Å²) in [4.78, 5) is 30.8. The quantitative estimate of drug-likeness (QED) is 0.565. The number of pyridine rings is 1. The van der Waals surface area contributed by atoms with E-state index in [1.807, 2.05) is 25.1 Å². The Kier molecular flexibility index (Phi) is 5.59. The number of hydrazine groups is 1. The minimum absolute atomic E-state index is 0.0615. The van der Waals surface area contributed by atoms with E-state index in [4.69, 9.17) is 10.5 Å². The monoisotopic (exact) mass is 472 g/mol. The molecule has 12 heteroatoms. The van der Waals surface area contributed by atoms with E-state index in [1.165, 1.54) is 11.8 Å². The average molecular weight is 473 g/mol. The molecule has 1 amide bonds. The summed E-state index contributed by atoms with van der Waals surface area (Å²) in [6, 6.07) is -0.0802. The lowest BCUT2D eigenvalue weighted by atomic mass is 10.0. The standard InChI is InChI=1S/C20H24N8O2S2/c1-9-7-23-12(10(2)15(9)30-3)8-28-16-14-11(27-28)6-13(32-18(14)26-19(21)24-16)17(29)25-20-22-4-5-31-20/h7,11,13,27H,4-6,8H2,1-3H3,(H2,21,24,26)(H,22,25,29). The van der Waals surface area contributed by atoms with E-state index in [0.717, 1.165) is 51.3 Å². The number of rotatable bonds is 4. The first-order chi connectivity index (χ1) is 15.4. The Morgan fingerprint density at radius 1 is 1.41 bits per heavy atom. The Labute approximate surface area is 194 Å². The molecule has 2 aromatic rings. The third-order valence-corrected chi connectivity index (χ3v) is 7.81. The molecule has 0 saturated carbocycles. The van der Waals surface area contributed by atoms with Crippen LogP contribution in [0.5, 0.6) is 5.75 Å². The van der Waals surface area contributed by atoms with E-state index in [9.17, 15) is 4.79 Å². The third kappa shape index (κ3) is 3.76. The predicted octanol–water partition coefficient (Wildman–Crippen LogP) is 1.73. The summed E-state index contributed by atoms with van der Waals surface area (Å²) in [6.07, 6.45) is 2.43. The number of nitrogens with zero attached hydrogens (tertiary/aromatic N) is 5. The van der Waals surface area contributed by atoms with Crippen molar-refractivity contribution < 1.29 is 9.53 Å². The molecule has 0 saturated heterocycles. The van der Waals surface area contributed by atoms with Gasteiger partial charge in [0.1, 0.15) is 10.8 Å². The van der Waals surface area contributed by atoms with Gasteiger partial charge in [-0.05, 0) is 20.3 Å². The molecule has 3 aliphatic rings. The minimum Gasteiger partial charge on any atom is -0.496 e. The number of anilines is 2. The normalized spacial score (nSPS) is 21.3. The predicted molar refractivity (Wildman–Crippen MR) is 126 cm³/mol. The van der Waals surface area contributed by atoms with Crippen LogP contribution >= 0.6 is 23.5 Å². The van der Waals surface area contributed by atoms with E-state index in [1.54, 1.807) is 18.9 Å². The number of hydrogen-bond acceptors (Lipinski definition) is 11. The zero-order valence-electron chi connectivity index (χ0n) is 18.0. The highest BCUT2D eigenvalue weighted by Crippen LogP contribution is 2.47. The molecule has 168 valence electrons. The first-order valence-electron chi connectivity index (χ1n) is 10.3. The number of amides is 1. The number of carbonyl (C=O) groups excluding carboxylic acids is 1. The summed E-state index contributed by atoms with van der Waals surface area (Å²) in [5.41, 5.74) is 13.4. The van der Waals surface area contributed by atoms with Crippen LogP contribution in [0.4, 0.5) is 11.8 Å². The zero-order chi connectivity index (χ0) is 22.4. The van der Waals surface area contributed by atoms with Crippen molar-refractivity contribution in [3.8, 4) is 5.75 Å². The second-order valence-electron chi connectivity index (χ2n) is 7.81. The van der Waals surface area contributed by atoms with Gasteiger partial charge in [0.15, 0.2) is 11.0 Å². The van der Waals surface area contributed by atoms with Crippen molar-refractivity contribution in [2.75, 3.05) is 30.1 Å². The molecule has 2 unspecified atom stereocenters. The van der Waals surface area contributed by atoms with Gasteiger partial charge in [0.05, 0.1) is 37.2 Å². The second-order valence-corrected chi connectivity index (χ2v) is 10.1. The van der Waals surface area contributed by atoms with Crippen LogP contribution in [0.15, 0.2) is 16.2 Å². The molecule has 32 heavy (non-hydrogen) atoms. The molecule has 0 aliphatic carbocycles. The number of nitrogens with two attached hydrogens (primary N) is 1. The van der Waals surface area contributed by atoms with Gasteiger partial charge in [0.25, 0.3) is 0 Å². The van der Waals surface area contributed by atoms with Crippen molar-refractivity contribution >= 4 is 46.4 Å². The van der Waals surface area contributed by atoms with Crippen LogP contribution in [0, 0.1) is 13.8 Å². The fraction of sp³-hybridized carbons (Fsp3) is 0.450. The molecule has 0 spiro atoms. The lowest BCUT2D eigenvalue weighted by molar-refractivity contribution is -0.119. The lowest BCUT2D eigenvalue weighted by Crippen LogP contribution is -2.40. The number of amidine groups is 1. The Bertz CT molecular complexity index is 1130. The smallest absolute Gasteiger partial charge is 0.239 e. The summed E-state index contributed by atoms with van der Waals surface area (Å²) >= 11 is 3.00. The van der Waals surface area contributed by atoms with Crippen LogP contribution in [-0.2, 0) is 11.3 Å². The number of carbonyl (C=O) groups is 1. The van der Waals surface area contributed by atoms with Crippen molar-refractivity contribution in [1.82, 2.24) is 25.7 Å². The van der Waals surface area contributed by atoms with E-state index in [-0.39, 0.29) is 23.1 Å². The number of aromatic nitrogens is 3. The zero-order valence-corrected chi connectivity index (χ0v) is 19.6. The molecule has 0 radical (unpaired) electrons. The first kappa shape index (κ1) is 21.3. The summed E-state index contributed by atoms with van der Waals surface area (Å²) in [5.74, 6) is 2.59. The van der Waals surface area contributed by atoms with E-state index >= 15 is 0 Å². The number of thioether (sulfide) groups is 2. The molecule has 0 fully saturated rings. The van der Waals surface area contributed by atoms with E-state index in [0.29, 0.717) is 18.1 Å². The van der Waals surface area contributed by atoms with Crippen LogP contribution < -0.4 is 26.2 Å². The SMILES string of the molecule is COc1c(C)cnc(CN2NC3CC(C(=O)NC4=NCCS4)Sc4nc(N)nc2c43)c1C. The molecule has 5 heterocycles. The van der Waals surface area contributed by atoms with Gasteiger partial charge in [-0.2, -0.15) is 4.98 Å². The fourth-order valence-electron chi connectivity index (χ4n) is 4.19. The average Bonchev–Trinajstić information content (AvgIpc) is 3.39. The molecule has 3 aliphatic heterocycles. The summed E-state index contributed by atoms with van der Waals surface area (Å²) in [5, 5.41) is 6.03. The van der Waals surface area contributed by atoms with Gasteiger partial charge in [-0.3, -0.25) is 19.8 Å². The van der Waals surface area contributed by atoms with Crippen LogP contribution in [0.1, 0.15) is 34.8 Å². The van der Waals surface area contributed by atoms with Crippen molar-refractivity contribution in [2.24, 2.45) is 4.99 Å². The maximum atomic E-state index is 12.9. The van der Waals surface area contributed by atoms with Crippen LogP contribution in [0.25, 0.3) is 0 Å². The maximum absolute atomic E-state index is 12.9. The largest absolute Gasteiger partial charge is 0.496 e.